The molecule has 0 radical (unpaired) electrons. The van der Waals surface area contributed by atoms with E-state index in [1.165, 1.54) is 35.4 Å². The van der Waals surface area contributed by atoms with Crippen LogP contribution in [0.1, 0.15) is 34.9 Å². The van der Waals surface area contributed by atoms with Crippen LogP contribution in [0.5, 0.6) is 0 Å². The van der Waals surface area contributed by atoms with Gasteiger partial charge < -0.3 is 9.73 Å². The lowest BCUT2D eigenvalue weighted by Gasteiger charge is -2.20. The van der Waals surface area contributed by atoms with Crippen LogP contribution in [-0.4, -0.2) is 18.6 Å². The van der Waals surface area contributed by atoms with Crippen molar-refractivity contribution in [2.45, 2.75) is 32.1 Å². The summed E-state index contributed by atoms with van der Waals surface area (Å²) in [6, 6.07) is 2.00. The molecule has 0 saturated carbocycles. The molecule has 0 fully saturated rings. The lowest BCUT2D eigenvalue weighted by atomic mass is 9.91. The van der Waals surface area contributed by atoms with Crippen molar-refractivity contribution in [3.63, 3.8) is 0 Å². The third-order valence-corrected chi connectivity index (χ3v) is 4.71. The van der Waals surface area contributed by atoms with Gasteiger partial charge in [0.25, 0.3) is 0 Å². The van der Waals surface area contributed by atoms with Gasteiger partial charge in [-0.3, -0.25) is 0 Å². The molecule has 0 bridgehead atoms. The molecule has 3 nitrogen and oxygen atoms in total. The Balaban J connectivity index is 1.98. The molecule has 2 aromatic rings. The maximum Gasteiger partial charge on any atom is 0.165 e. The number of aryl methyl sites for hydroxylation is 2. The topological polar surface area (TPSA) is 38.1 Å². The first-order chi connectivity index (χ1) is 8.79. The highest BCUT2D eigenvalue weighted by Gasteiger charge is 2.25. The van der Waals surface area contributed by atoms with Gasteiger partial charge in [0.05, 0.1) is 12.0 Å². The first-order valence-electron chi connectivity index (χ1n) is 6.48. The van der Waals surface area contributed by atoms with Crippen LogP contribution in [0.25, 0.3) is 10.8 Å². The molecule has 4 heteroatoms. The lowest BCUT2D eigenvalue weighted by Crippen LogP contribution is -2.20. The highest BCUT2D eigenvalue weighted by atomic mass is 32.1. The molecule has 1 N–H and O–H groups in total. The van der Waals surface area contributed by atoms with Crippen molar-refractivity contribution < 1.29 is 4.42 Å². The largest absolute Gasteiger partial charge is 0.462 e. The standard InChI is InChI=1S/C14H18N2OS/c1-9-6-7-17-13(9)14-16-12-10(8-15-2)4-3-5-11(12)18-14/h6-7,10,15H,3-5,8H2,1-2H3. The van der Waals surface area contributed by atoms with Gasteiger partial charge in [-0.2, -0.15) is 0 Å². The third-order valence-electron chi connectivity index (χ3n) is 3.58. The molecular formula is C14H18N2OS. The van der Waals surface area contributed by atoms with Crippen LogP contribution in [0.4, 0.5) is 0 Å². The second-order valence-corrected chi connectivity index (χ2v) is 5.99. The Morgan fingerprint density at radius 1 is 1.56 bits per heavy atom. The van der Waals surface area contributed by atoms with Gasteiger partial charge in [-0.25, -0.2) is 4.98 Å². The van der Waals surface area contributed by atoms with E-state index in [0.717, 1.165) is 17.3 Å². The Kier molecular flexibility index (Phi) is 3.22. The summed E-state index contributed by atoms with van der Waals surface area (Å²) >= 11 is 1.80. The van der Waals surface area contributed by atoms with Crippen LogP contribution >= 0.6 is 11.3 Å². The van der Waals surface area contributed by atoms with Crippen LogP contribution in [0, 0.1) is 6.92 Å². The van der Waals surface area contributed by atoms with Gasteiger partial charge in [0, 0.05) is 17.3 Å². The Morgan fingerprint density at radius 2 is 2.44 bits per heavy atom. The van der Waals surface area contributed by atoms with Crippen molar-refractivity contribution >= 4 is 11.3 Å². The highest BCUT2D eigenvalue weighted by Crippen LogP contribution is 2.38. The van der Waals surface area contributed by atoms with E-state index in [4.69, 9.17) is 9.40 Å². The van der Waals surface area contributed by atoms with Gasteiger partial charge in [-0.1, -0.05) is 0 Å². The molecule has 96 valence electrons. The van der Waals surface area contributed by atoms with Crippen molar-refractivity contribution in [1.29, 1.82) is 0 Å². The SMILES string of the molecule is CNCC1CCCc2sc(-c3occc3C)nc21. The van der Waals surface area contributed by atoms with Gasteiger partial charge in [0.15, 0.2) is 10.8 Å². The van der Waals surface area contributed by atoms with E-state index in [-0.39, 0.29) is 0 Å². The number of furan rings is 1. The van der Waals surface area contributed by atoms with Crippen LogP contribution < -0.4 is 5.32 Å². The monoisotopic (exact) mass is 262 g/mol. The molecule has 0 saturated heterocycles. The second kappa shape index (κ2) is 4.86. The van der Waals surface area contributed by atoms with E-state index in [0.29, 0.717) is 5.92 Å². The molecule has 18 heavy (non-hydrogen) atoms. The van der Waals surface area contributed by atoms with Gasteiger partial charge >= 0.3 is 0 Å². The maximum absolute atomic E-state index is 5.56. The minimum atomic E-state index is 0.569. The molecule has 2 aromatic heterocycles. The van der Waals surface area contributed by atoms with Gasteiger partial charge in [-0.15, -0.1) is 11.3 Å². The fraction of sp³-hybridized carbons (Fsp3) is 0.500. The van der Waals surface area contributed by atoms with E-state index in [1.54, 1.807) is 17.6 Å². The van der Waals surface area contributed by atoms with Gasteiger partial charge in [0.1, 0.15) is 0 Å². The molecule has 1 atom stereocenters. The number of thiazole rings is 1. The molecule has 0 aromatic carbocycles. The van der Waals surface area contributed by atoms with Crippen molar-refractivity contribution in [3.05, 3.63) is 28.5 Å². The first kappa shape index (κ1) is 11.9. The van der Waals surface area contributed by atoms with E-state index in [9.17, 15) is 0 Å². The number of fused-ring (bicyclic) bond motifs is 1. The summed E-state index contributed by atoms with van der Waals surface area (Å²) in [5.41, 5.74) is 2.47. The summed E-state index contributed by atoms with van der Waals surface area (Å²) in [5.74, 6) is 1.51. The van der Waals surface area contributed by atoms with Crippen LogP contribution in [0.15, 0.2) is 16.7 Å². The number of hydrogen-bond donors (Lipinski definition) is 1. The summed E-state index contributed by atoms with van der Waals surface area (Å²) in [5, 5.41) is 4.32. The number of nitrogens with one attached hydrogen (secondary N) is 1. The molecule has 1 aliphatic rings. The zero-order chi connectivity index (χ0) is 12.5. The minimum absolute atomic E-state index is 0.569. The summed E-state index contributed by atoms with van der Waals surface area (Å²) in [6.07, 6.45) is 5.44. The molecule has 1 unspecified atom stereocenters. The molecule has 3 rings (SSSR count). The van der Waals surface area contributed by atoms with E-state index < -0.39 is 0 Å². The van der Waals surface area contributed by atoms with E-state index in [2.05, 4.69) is 12.2 Å². The molecule has 0 amide bonds. The number of nitrogens with zero attached hydrogens (tertiary/aromatic N) is 1. The predicted molar refractivity (Wildman–Crippen MR) is 74.2 cm³/mol. The first-order valence-corrected chi connectivity index (χ1v) is 7.30. The second-order valence-electron chi connectivity index (χ2n) is 4.91. The summed E-state index contributed by atoms with van der Waals surface area (Å²) in [7, 11) is 2.01. The summed E-state index contributed by atoms with van der Waals surface area (Å²) in [4.78, 5) is 6.29. The van der Waals surface area contributed by atoms with E-state index >= 15 is 0 Å². The lowest BCUT2D eigenvalue weighted by molar-refractivity contribution is 0.522. The van der Waals surface area contributed by atoms with Crippen LogP contribution in [-0.2, 0) is 6.42 Å². The normalized spacial score (nSPS) is 18.9. The van der Waals surface area contributed by atoms with Gasteiger partial charge in [-0.05, 0) is 44.9 Å². The highest BCUT2D eigenvalue weighted by molar-refractivity contribution is 7.15. The molecule has 2 heterocycles. The van der Waals surface area contributed by atoms with E-state index in [1.807, 2.05) is 13.1 Å². The molecule has 0 aliphatic heterocycles. The Hall–Kier alpha value is -1.13. The summed E-state index contributed by atoms with van der Waals surface area (Å²) < 4.78 is 5.56. The summed E-state index contributed by atoms with van der Waals surface area (Å²) in [6.45, 7) is 3.09. The zero-order valence-corrected chi connectivity index (χ0v) is 11.6. The average Bonchev–Trinajstić information content (AvgIpc) is 2.95. The number of hydrogen-bond acceptors (Lipinski definition) is 4. The fourth-order valence-electron chi connectivity index (χ4n) is 2.64. The van der Waals surface area contributed by atoms with Crippen molar-refractivity contribution in [2.24, 2.45) is 0 Å². The zero-order valence-electron chi connectivity index (χ0n) is 10.8. The number of aromatic nitrogens is 1. The predicted octanol–water partition coefficient (Wildman–Crippen LogP) is 3.35. The van der Waals surface area contributed by atoms with Crippen molar-refractivity contribution in [1.82, 2.24) is 10.3 Å². The maximum atomic E-state index is 5.56. The molecular weight excluding hydrogens is 244 g/mol. The van der Waals surface area contributed by atoms with Crippen molar-refractivity contribution in [2.75, 3.05) is 13.6 Å². The average molecular weight is 262 g/mol. The Bertz CT molecular complexity index is 544. The number of likely N-dealkylation sites (N-methyl/N-ethyl adjacent to an activating group) is 1. The van der Waals surface area contributed by atoms with Crippen LogP contribution in [0.2, 0.25) is 0 Å². The Labute approximate surface area is 111 Å². The molecule has 1 aliphatic carbocycles. The fourth-order valence-corrected chi connectivity index (χ4v) is 3.88. The minimum Gasteiger partial charge on any atom is -0.462 e. The van der Waals surface area contributed by atoms with Crippen LogP contribution in [0.3, 0.4) is 0 Å². The van der Waals surface area contributed by atoms with Gasteiger partial charge in [0.2, 0.25) is 0 Å². The molecule has 0 spiro atoms. The smallest absolute Gasteiger partial charge is 0.165 e. The Morgan fingerprint density at radius 3 is 3.17 bits per heavy atom. The number of rotatable bonds is 3. The van der Waals surface area contributed by atoms with Crippen molar-refractivity contribution in [3.8, 4) is 10.8 Å². The third kappa shape index (κ3) is 1.99. The quantitative estimate of drug-likeness (QED) is 0.921.